The molecule has 3 aromatic rings. The zero-order valence-corrected chi connectivity index (χ0v) is 17.1. The third kappa shape index (κ3) is 4.66. The van der Waals surface area contributed by atoms with Crippen molar-refractivity contribution < 1.29 is 4.79 Å². The minimum absolute atomic E-state index is 0.0138. The number of amides is 1. The molecule has 1 amide bonds. The Morgan fingerprint density at radius 1 is 1.07 bits per heavy atom. The maximum absolute atomic E-state index is 12.9. The van der Waals surface area contributed by atoms with Crippen LogP contribution in [0.5, 0.6) is 0 Å². The number of aromatic nitrogens is 3. The van der Waals surface area contributed by atoms with E-state index in [2.05, 4.69) is 33.1 Å². The number of carbonyl (C=O) groups is 1. The van der Waals surface area contributed by atoms with Crippen LogP contribution in [0.15, 0.2) is 48.9 Å². The van der Waals surface area contributed by atoms with Gasteiger partial charge in [-0.15, -0.1) is 0 Å². The van der Waals surface area contributed by atoms with Crippen LogP contribution in [0.25, 0.3) is 11.2 Å². The van der Waals surface area contributed by atoms with Gasteiger partial charge >= 0.3 is 0 Å². The summed E-state index contributed by atoms with van der Waals surface area (Å²) in [4.78, 5) is 26.1. The quantitative estimate of drug-likeness (QED) is 0.568. The van der Waals surface area contributed by atoms with E-state index in [4.69, 9.17) is 5.26 Å². The second kappa shape index (κ2) is 9.51. The molecule has 0 aliphatic carbocycles. The van der Waals surface area contributed by atoms with Gasteiger partial charge in [-0.2, -0.15) is 5.26 Å². The summed E-state index contributed by atoms with van der Waals surface area (Å²) in [5, 5.41) is 8.66. The van der Waals surface area contributed by atoms with Gasteiger partial charge < -0.3 is 9.47 Å². The number of carbonyl (C=O) groups excluding carboxylic acids is 1. The van der Waals surface area contributed by atoms with Gasteiger partial charge in [-0.25, -0.2) is 9.97 Å². The Morgan fingerprint density at radius 3 is 2.63 bits per heavy atom. The Morgan fingerprint density at radius 2 is 1.87 bits per heavy atom. The number of rotatable bonds is 7. The predicted molar refractivity (Wildman–Crippen MR) is 115 cm³/mol. The molecule has 0 N–H and O–H groups in total. The lowest BCUT2D eigenvalue weighted by Crippen LogP contribution is -2.48. The van der Waals surface area contributed by atoms with Crippen molar-refractivity contribution in [3.05, 3.63) is 60.0 Å². The molecule has 1 saturated heterocycles. The Labute approximate surface area is 176 Å². The van der Waals surface area contributed by atoms with Crippen LogP contribution in [0.3, 0.4) is 0 Å². The number of benzene rings is 1. The lowest BCUT2D eigenvalue weighted by molar-refractivity contribution is 0.0636. The zero-order chi connectivity index (χ0) is 20.8. The summed E-state index contributed by atoms with van der Waals surface area (Å²) in [6, 6.07) is 14.4. The molecule has 1 aliphatic rings. The lowest BCUT2D eigenvalue weighted by Gasteiger charge is -2.34. The van der Waals surface area contributed by atoms with Crippen LogP contribution in [0, 0.1) is 11.3 Å². The number of pyridine rings is 1. The molecule has 0 unspecified atom stereocenters. The van der Waals surface area contributed by atoms with Gasteiger partial charge in [0.1, 0.15) is 5.52 Å². The number of fused-ring (bicyclic) bond motifs is 1. The molecule has 0 radical (unpaired) electrons. The maximum Gasteiger partial charge on any atom is 0.255 e. The van der Waals surface area contributed by atoms with E-state index in [-0.39, 0.29) is 5.91 Å². The fourth-order valence-electron chi connectivity index (χ4n) is 3.86. The number of piperazine rings is 1. The standard InChI is InChI=1S/C23H26N6O/c24-9-4-5-10-27-12-14-28(15-13-27)23(30)20-16-21-22(25-17-20)29(18-26-21)11-8-19-6-2-1-3-7-19/h1-3,6-7,16-18H,4-5,8,10-15H2. The molecule has 0 spiro atoms. The third-order valence-corrected chi connectivity index (χ3v) is 5.61. The normalized spacial score (nSPS) is 14.7. The average Bonchev–Trinajstić information content (AvgIpc) is 3.21. The van der Waals surface area contributed by atoms with E-state index < -0.39 is 0 Å². The van der Waals surface area contributed by atoms with Crippen LogP contribution in [0.1, 0.15) is 28.8 Å². The fourth-order valence-corrected chi connectivity index (χ4v) is 3.86. The zero-order valence-electron chi connectivity index (χ0n) is 17.1. The number of imidazole rings is 1. The van der Waals surface area contributed by atoms with Crippen molar-refractivity contribution >= 4 is 17.1 Å². The van der Waals surface area contributed by atoms with E-state index in [9.17, 15) is 4.79 Å². The lowest BCUT2D eigenvalue weighted by atomic mass is 10.1. The molecule has 7 heteroatoms. The highest BCUT2D eigenvalue weighted by molar-refractivity contribution is 5.96. The molecule has 4 rings (SSSR count). The summed E-state index contributed by atoms with van der Waals surface area (Å²) >= 11 is 0. The van der Waals surface area contributed by atoms with E-state index in [1.54, 1.807) is 12.5 Å². The van der Waals surface area contributed by atoms with Crippen molar-refractivity contribution in [2.75, 3.05) is 32.7 Å². The van der Waals surface area contributed by atoms with Crippen LogP contribution in [-0.2, 0) is 13.0 Å². The number of nitriles is 1. The molecule has 154 valence electrons. The van der Waals surface area contributed by atoms with Gasteiger partial charge in [0, 0.05) is 45.3 Å². The van der Waals surface area contributed by atoms with Crippen molar-refractivity contribution in [2.45, 2.75) is 25.8 Å². The molecule has 3 heterocycles. The first-order valence-corrected chi connectivity index (χ1v) is 10.5. The third-order valence-electron chi connectivity index (χ3n) is 5.61. The molecule has 1 aromatic carbocycles. The SMILES string of the molecule is N#CCCCN1CCN(C(=O)c2cnc3c(c2)ncn3CCc2ccccc2)CC1. The predicted octanol–water partition coefficient (Wildman–Crippen LogP) is 2.74. The smallest absolute Gasteiger partial charge is 0.255 e. The van der Waals surface area contributed by atoms with Gasteiger partial charge in [-0.1, -0.05) is 30.3 Å². The Bertz CT molecular complexity index is 1030. The molecule has 2 aromatic heterocycles. The molecular weight excluding hydrogens is 376 g/mol. The van der Waals surface area contributed by atoms with Crippen LogP contribution in [0.4, 0.5) is 0 Å². The first-order chi connectivity index (χ1) is 14.7. The Kier molecular flexibility index (Phi) is 6.35. The molecular formula is C23H26N6O. The number of nitrogens with zero attached hydrogens (tertiary/aromatic N) is 6. The largest absolute Gasteiger partial charge is 0.336 e. The number of hydrogen-bond acceptors (Lipinski definition) is 5. The Balaban J connectivity index is 1.37. The molecule has 0 bridgehead atoms. The van der Waals surface area contributed by atoms with Crippen LogP contribution >= 0.6 is 0 Å². The van der Waals surface area contributed by atoms with Gasteiger partial charge in [0.2, 0.25) is 0 Å². The number of aryl methyl sites for hydroxylation is 2. The van der Waals surface area contributed by atoms with Crippen molar-refractivity contribution in [1.29, 1.82) is 5.26 Å². The van der Waals surface area contributed by atoms with Crippen LogP contribution < -0.4 is 0 Å². The van der Waals surface area contributed by atoms with Crippen molar-refractivity contribution in [1.82, 2.24) is 24.3 Å². The van der Waals surface area contributed by atoms with E-state index in [0.717, 1.165) is 50.2 Å². The fraction of sp³-hybridized carbons (Fsp3) is 0.391. The van der Waals surface area contributed by atoms with E-state index in [0.29, 0.717) is 25.1 Å². The van der Waals surface area contributed by atoms with E-state index >= 15 is 0 Å². The Hall–Kier alpha value is -3.24. The summed E-state index contributed by atoms with van der Waals surface area (Å²) in [6.45, 7) is 4.82. The molecule has 7 nitrogen and oxygen atoms in total. The highest BCUT2D eigenvalue weighted by Crippen LogP contribution is 2.16. The number of hydrogen-bond donors (Lipinski definition) is 0. The summed E-state index contributed by atoms with van der Waals surface area (Å²) in [6.07, 6.45) is 5.85. The monoisotopic (exact) mass is 402 g/mol. The van der Waals surface area contributed by atoms with Gasteiger partial charge in [-0.3, -0.25) is 9.69 Å². The summed E-state index contributed by atoms with van der Waals surface area (Å²) < 4.78 is 2.04. The second-order valence-electron chi connectivity index (χ2n) is 7.64. The topological polar surface area (TPSA) is 78.1 Å². The van der Waals surface area contributed by atoms with Gasteiger partial charge in [-0.05, 0) is 31.0 Å². The highest BCUT2D eigenvalue weighted by atomic mass is 16.2. The molecule has 0 atom stereocenters. The van der Waals surface area contributed by atoms with Crippen molar-refractivity contribution in [3.8, 4) is 6.07 Å². The summed E-state index contributed by atoms with van der Waals surface area (Å²) in [5.41, 5.74) is 3.43. The summed E-state index contributed by atoms with van der Waals surface area (Å²) in [5.74, 6) is 0.0138. The molecule has 0 saturated carbocycles. The maximum atomic E-state index is 12.9. The highest BCUT2D eigenvalue weighted by Gasteiger charge is 2.22. The first kappa shape index (κ1) is 20.0. The number of unbranched alkanes of at least 4 members (excludes halogenated alkanes) is 1. The van der Waals surface area contributed by atoms with Gasteiger partial charge in [0.15, 0.2) is 5.65 Å². The minimum Gasteiger partial charge on any atom is -0.336 e. The molecule has 1 fully saturated rings. The van der Waals surface area contributed by atoms with E-state index in [1.165, 1.54) is 5.56 Å². The van der Waals surface area contributed by atoms with Crippen LogP contribution in [0.2, 0.25) is 0 Å². The van der Waals surface area contributed by atoms with Gasteiger partial charge in [0.25, 0.3) is 5.91 Å². The summed E-state index contributed by atoms with van der Waals surface area (Å²) in [7, 11) is 0. The first-order valence-electron chi connectivity index (χ1n) is 10.5. The van der Waals surface area contributed by atoms with Crippen LogP contribution in [-0.4, -0.2) is 63.0 Å². The minimum atomic E-state index is 0.0138. The van der Waals surface area contributed by atoms with Gasteiger partial charge in [0.05, 0.1) is 18.0 Å². The average molecular weight is 403 g/mol. The van der Waals surface area contributed by atoms with Crippen molar-refractivity contribution in [2.24, 2.45) is 0 Å². The molecule has 30 heavy (non-hydrogen) atoms. The van der Waals surface area contributed by atoms with Crippen molar-refractivity contribution in [3.63, 3.8) is 0 Å². The van der Waals surface area contributed by atoms with E-state index in [1.807, 2.05) is 33.7 Å². The second-order valence-corrected chi connectivity index (χ2v) is 7.64. The molecule has 1 aliphatic heterocycles.